The zero-order valence-corrected chi connectivity index (χ0v) is 17.9. The number of non-ortho nitro benzene ring substituents is 1. The highest BCUT2D eigenvalue weighted by Gasteiger charge is 2.09. The van der Waals surface area contributed by atoms with Crippen molar-refractivity contribution in [1.29, 1.82) is 0 Å². The van der Waals surface area contributed by atoms with Crippen LogP contribution in [0, 0.1) is 10.1 Å². The molecule has 30 heavy (non-hydrogen) atoms. The van der Waals surface area contributed by atoms with Crippen molar-refractivity contribution < 1.29 is 14.4 Å². The van der Waals surface area contributed by atoms with Crippen molar-refractivity contribution in [3.63, 3.8) is 0 Å². The number of benzene rings is 2. The van der Waals surface area contributed by atoms with E-state index in [0.29, 0.717) is 30.3 Å². The third kappa shape index (κ3) is 6.21. The van der Waals surface area contributed by atoms with Gasteiger partial charge in [-0.2, -0.15) is 0 Å². The molecule has 3 rings (SSSR count). The van der Waals surface area contributed by atoms with Gasteiger partial charge < -0.3 is 20.2 Å². The number of aliphatic hydroxyl groups is 1. The van der Waals surface area contributed by atoms with Crippen molar-refractivity contribution in [3.8, 4) is 11.3 Å². The lowest BCUT2D eigenvalue weighted by atomic mass is 10.1. The summed E-state index contributed by atoms with van der Waals surface area (Å²) >= 11 is 6.05. The van der Waals surface area contributed by atoms with Gasteiger partial charge in [-0.15, -0.1) is 12.4 Å². The van der Waals surface area contributed by atoms with Gasteiger partial charge in [0.1, 0.15) is 11.5 Å². The van der Waals surface area contributed by atoms with E-state index in [9.17, 15) is 15.2 Å². The van der Waals surface area contributed by atoms with E-state index in [-0.39, 0.29) is 18.1 Å². The molecular formula is C21H23Cl2N3O4. The molecule has 9 heteroatoms. The van der Waals surface area contributed by atoms with Gasteiger partial charge >= 0.3 is 0 Å². The quantitative estimate of drug-likeness (QED) is 0.235. The van der Waals surface area contributed by atoms with Crippen LogP contribution in [-0.4, -0.2) is 23.1 Å². The van der Waals surface area contributed by atoms with E-state index < -0.39 is 11.0 Å². The number of hydrogen-bond donors (Lipinski definition) is 3. The number of aliphatic hydroxyl groups excluding tert-OH is 1. The molecule has 0 aliphatic rings. The normalized spacial score (nSPS) is 11.6. The second-order valence-electron chi connectivity index (χ2n) is 6.59. The lowest BCUT2D eigenvalue weighted by molar-refractivity contribution is -0.384. The molecule has 1 unspecified atom stereocenters. The van der Waals surface area contributed by atoms with Gasteiger partial charge in [0.05, 0.1) is 28.3 Å². The Hall–Kier alpha value is -2.58. The predicted octanol–water partition coefficient (Wildman–Crippen LogP) is 5.19. The van der Waals surface area contributed by atoms with Gasteiger partial charge in [-0.25, -0.2) is 0 Å². The highest BCUT2D eigenvalue weighted by atomic mass is 35.5. The Bertz CT molecular complexity index is 975. The predicted molar refractivity (Wildman–Crippen MR) is 120 cm³/mol. The van der Waals surface area contributed by atoms with E-state index in [2.05, 4.69) is 10.6 Å². The summed E-state index contributed by atoms with van der Waals surface area (Å²) in [5.41, 5.74) is 2.44. The van der Waals surface area contributed by atoms with Crippen LogP contribution in [0.5, 0.6) is 0 Å². The summed E-state index contributed by atoms with van der Waals surface area (Å²) in [6, 6.07) is 15.8. The third-order valence-corrected chi connectivity index (χ3v) is 4.73. The van der Waals surface area contributed by atoms with Crippen LogP contribution in [0.2, 0.25) is 5.02 Å². The van der Waals surface area contributed by atoms with Crippen molar-refractivity contribution in [3.05, 3.63) is 81.1 Å². The molecule has 1 heterocycles. The molecule has 1 atom stereocenters. The molecule has 0 spiro atoms. The van der Waals surface area contributed by atoms with Crippen molar-refractivity contribution in [2.75, 3.05) is 18.4 Å². The van der Waals surface area contributed by atoms with Gasteiger partial charge in [0.15, 0.2) is 0 Å². The monoisotopic (exact) mass is 451 g/mol. The van der Waals surface area contributed by atoms with Crippen LogP contribution in [0.4, 0.5) is 11.4 Å². The second kappa shape index (κ2) is 11.0. The molecule has 1 aromatic heterocycles. The van der Waals surface area contributed by atoms with Gasteiger partial charge in [-0.3, -0.25) is 10.1 Å². The minimum atomic E-state index is -0.491. The fourth-order valence-electron chi connectivity index (χ4n) is 2.81. The largest absolute Gasteiger partial charge is 0.460 e. The van der Waals surface area contributed by atoms with Crippen molar-refractivity contribution in [2.45, 2.75) is 19.6 Å². The first-order valence-electron chi connectivity index (χ1n) is 9.19. The SMILES string of the molecule is CC(O)c1ccc(-c2ccc(CNCCNc3ccc([N+](=O)[O-])cc3Cl)o2)cc1.Cl. The van der Waals surface area contributed by atoms with Crippen molar-refractivity contribution >= 4 is 35.4 Å². The number of halogens is 2. The second-order valence-corrected chi connectivity index (χ2v) is 7.00. The molecule has 2 aromatic carbocycles. The maximum absolute atomic E-state index is 10.7. The highest BCUT2D eigenvalue weighted by molar-refractivity contribution is 6.33. The fourth-order valence-corrected chi connectivity index (χ4v) is 3.05. The standard InChI is InChI=1S/C21H22ClN3O4.ClH/c1-14(26)15-2-4-16(5-3-15)21-9-7-18(29-21)13-23-10-11-24-20-8-6-17(25(27)28)12-19(20)22;/h2-9,12,14,23-24,26H,10-11,13H2,1H3;1H. The summed E-state index contributed by atoms with van der Waals surface area (Å²) in [5, 5.41) is 27.0. The minimum Gasteiger partial charge on any atom is -0.460 e. The average Bonchev–Trinajstić information content (AvgIpc) is 3.17. The maximum Gasteiger partial charge on any atom is 0.271 e. The molecule has 0 aliphatic carbocycles. The van der Waals surface area contributed by atoms with Crippen molar-refractivity contribution in [1.82, 2.24) is 5.32 Å². The minimum absolute atomic E-state index is 0. The van der Waals surface area contributed by atoms with Gasteiger partial charge in [0, 0.05) is 30.8 Å². The van der Waals surface area contributed by atoms with E-state index in [0.717, 1.165) is 22.6 Å². The number of nitrogens with one attached hydrogen (secondary N) is 2. The van der Waals surface area contributed by atoms with Gasteiger partial charge in [0.2, 0.25) is 0 Å². The van der Waals surface area contributed by atoms with E-state index in [1.54, 1.807) is 13.0 Å². The Labute approximate surface area is 185 Å². The number of rotatable bonds is 9. The maximum atomic E-state index is 10.7. The first kappa shape index (κ1) is 23.7. The van der Waals surface area contributed by atoms with Crippen LogP contribution in [0.1, 0.15) is 24.4 Å². The Balaban J connectivity index is 0.00000320. The Kier molecular flexibility index (Phi) is 8.68. The Morgan fingerprint density at radius 2 is 1.87 bits per heavy atom. The highest BCUT2D eigenvalue weighted by Crippen LogP contribution is 2.26. The van der Waals surface area contributed by atoms with Gasteiger partial charge in [-0.05, 0) is 30.7 Å². The van der Waals surface area contributed by atoms with E-state index in [1.165, 1.54) is 12.1 Å². The number of furan rings is 1. The lowest BCUT2D eigenvalue weighted by Gasteiger charge is -2.08. The molecular weight excluding hydrogens is 429 g/mol. The molecule has 3 aromatic rings. The van der Waals surface area contributed by atoms with Crippen LogP contribution in [0.3, 0.4) is 0 Å². The molecule has 0 amide bonds. The molecule has 0 radical (unpaired) electrons. The number of nitro groups is 1. The first-order valence-corrected chi connectivity index (χ1v) is 9.57. The molecule has 0 aliphatic heterocycles. The fraction of sp³-hybridized carbons (Fsp3) is 0.238. The van der Waals surface area contributed by atoms with E-state index >= 15 is 0 Å². The summed E-state index contributed by atoms with van der Waals surface area (Å²) < 4.78 is 5.86. The van der Waals surface area contributed by atoms with E-state index in [4.69, 9.17) is 16.0 Å². The zero-order chi connectivity index (χ0) is 20.8. The molecule has 0 saturated carbocycles. The first-order chi connectivity index (χ1) is 13.9. The Morgan fingerprint density at radius 3 is 2.50 bits per heavy atom. The van der Waals surface area contributed by atoms with Crippen LogP contribution in [-0.2, 0) is 6.54 Å². The third-order valence-electron chi connectivity index (χ3n) is 4.42. The topological polar surface area (TPSA) is 101 Å². The van der Waals surface area contributed by atoms with Crippen LogP contribution in [0.15, 0.2) is 59.0 Å². The van der Waals surface area contributed by atoms with Crippen LogP contribution < -0.4 is 10.6 Å². The summed E-state index contributed by atoms with van der Waals surface area (Å²) in [6.45, 7) is 3.57. The average molecular weight is 452 g/mol. The summed E-state index contributed by atoms with van der Waals surface area (Å²) in [5.74, 6) is 1.59. The molecule has 7 nitrogen and oxygen atoms in total. The summed E-state index contributed by atoms with van der Waals surface area (Å²) in [7, 11) is 0. The van der Waals surface area contributed by atoms with Crippen LogP contribution >= 0.6 is 24.0 Å². The smallest absolute Gasteiger partial charge is 0.271 e. The van der Waals surface area contributed by atoms with Gasteiger partial charge in [-0.1, -0.05) is 35.9 Å². The molecule has 3 N–H and O–H groups in total. The molecule has 160 valence electrons. The number of nitrogens with zero attached hydrogens (tertiary/aromatic N) is 1. The molecule has 0 bridgehead atoms. The lowest BCUT2D eigenvalue weighted by Crippen LogP contribution is -2.21. The molecule has 0 saturated heterocycles. The Morgan fingerprint density at radius 1 is 1.13 bits per heavy atom. The number of anilines is 1. The summed E-state index contributed by atoms with van der Waals surface area (Å²) in [6.07, 6.45) is -0.491. The van der Waals surface area contributed by atoms with E-state index in [1.807, 2.05) is 36.4 Å². The summed E-state index contributed by atoms with van der Waals surface area (Å²) in [4.78, 5) is 10.3. The van der Waals surface area contributed by atoms with Crippen LogP contribution in [0.25, 0.3) is 11.3 Å². The number of hydrogen-bond acceptors (Lipinski definition) is 6. The van der Waals surface area contributed by atoms with Gasteiger partial charge in [0.25, 0.3) is 5.69 Å². The zero-order valence-electron chi connectivity index (χ0n) is 16.3. The number of nitro benzene ring substituents is 1. The molecule has 0 fully saturated rings. The van der Waals surface area contributed by atoms with Crippen molar-refractivity contribution in [2.24, 2.45) is 0 Å².